The fourth-order valence-electron chi connectivity index (χ4n) is 8.43. The molecule has 11 aromatic rings. The highest BCUT2D eigenvalue weighted by molar-refractivity contribution is 6.22. The fourth-order valence-corrected chi connectivity index (χ4v) is 8.43. The van der Waals surface area contributed by atoms with Gasteiger partial charge < -0.3 is 9.13 Å². The zero-order valence-corrected chi connectivity index (χ0v) is 28.4. The van der Waals surface area contributed by atoms with Crippen LogP contribution in [0.3, 0.4) is 0 Å². The molecule has 2 nitrogen and oxygen atoms in total. The van der Waals surface area contributed by atoms with Gasteiger partial charge in [-0.1, -0.05) is 133 Å². The molecule has 0 aliphatic carbocycles. The summed E-state index contributed by atoms with van der Waals surface area (Å²) in [6.45, 7) is 0. The van der Waals surface area contributed by atoms with Crippen molar-refractivity contribution >= 4 is 65.2 Å². The Balaban J connectivity index is 1.08. The van der Waals surface area contributed by atoms with E-state index in [0.717, 1.165) is 5.69 Å². The molecule has 0 bridgehead atoms. The lowest BCUT2D eigenvalue weighted by Crippen LogP contribution is -1.94. The van der Waals surface area contributed by atoms with E-state index in [1.165, 1.54) is 93.1 Å². The largest absolute Gasteiger partial charge is 0.309 e. The van der Waals surface area contributed by atoms with Crippen molar-refractivity contribution in [3.05, 3.63) is 194 Å². The molecular weight excluding hydrogens is 629 g/mol. The molecule has 0 aliphatic heterocycles. The molecule has 0 saturated heterocycles. The summed E-state index contributed by atoms with van der Waals surface area (Å²) < 4.78 is 4.82. The first-order valence-corrected chi connectivity index (χ1v) is 17.9. The van der Waals surface area contributed by atoms with Crippen molar-refractivity contribution in [1.82, 2.24) is 9.13 Å². The van der Waals surface area contributed by atoms with Gasteiger partial charge in [-0.15, -0.1) is 0 Å². The number of hydrogen-bond donors (Lipinski definition) is 0. The Hall–Kier alpha value is -6.90. The van der Waals surface area contributed by atoms with Crippen LogP contribution in [0.4, 0.5) is 0 Å². The second-order valence-electron chi connectivity index (χ2n) is 13.8. The van der Waals surface area contributed by atoms with Crippen LogP contribution in [0.1, 0.15) is 0 Å². The van der Waals surface area contributed by atoms with Gasteiger partial charge in [0.1, 0.15) is 0 Å². The molecule has 0 saturated carbocycles. The number of aromatic nitrogens is 2. The third-order valence-corrected chi connectivity index (χ3v) is 10.9. The molecule has 0 aliphatic rings. The maximum atomic E-state index is 2.43. The van der Waals surface area contributed by atoms with Crippen LogP contribution >= 0.6 is 0 Å². The summed E-state index contributed by atoms with van der Waals surface area (Å²) in [7, 11) is 0. The Bertz CT molecular complexity index is 3160. The minimum atomic E-state index is 1.16. The molecular formula is C50H32N2. The van der Waals surface area contributed by atoms with Crippen molar-refractivity contribution in [1.29, 1.82) is 0 Å². The van der Waals surface area contributed by atoms with E-state index in [4.69, 9.17) is 0 Å². The highest BCUT2D eigenvalue weighted by Gasteiger charge is 2.17. The third kappa shape index (κ3) is 4.38. The molecule has 11 rings (SSSR count). The average molecular weight is 661 g/mol. The average Bonchev–Trinajstić information content (AvgIpc) is 3.74. The van der Waals surface area contributed by atoms with Crippen molar-refractivity contribution in [3.63, 3.8) is 0 Å². The lowest BCUT2D eigenvalue weighted by molar-refractivity contribution is 1.18. The van der Waals surface area contributed by atoms with Crippen molar-refractivity contribution in [2.45, 2.75) is 0 Å². The minimum absolute atomic E-state index is 1.16. The molecule has 2 aromatic heterocycles. The Labute approximate surface area is 301 Å². The zero-order valence-electron chi connectivity index (χ0n) is 28.4. The second-order valence-corrected chi connectivity index (χ2v) is 13.8. The normalized spacial score (nSPS) is 11.8. The van der Waals surface area contributed by atoms with Gasteiger partial charge in [-0.3, -0.25) is 0 Å². The van der Waals surface area contributed by atoms with Crippen LogP contribution < -0.4 is 0 Å². The molecule has 0 unspecified atom stereocenters. The fraction of sp³-hybridized carbons (Fsp3) is 0. The van der Waals surface area contributed by atoms with Gasteiger partial charge in [0.25, 0.3) is 0 Å². The summed E-state index contributed by atoms with van der Waals surface area (Å²) in [5.74, 6) is 0. The Morgan fingerprint density at radius 3 is 1.60 bits per heavy atom. The van der Waals surface area contributed by atoms with E-state index < -0.39 is 0 Å². The topological polar surface area (TPSA) is 9.86 Å². The van der Waals surface area contributed by atoms with Gasteiger partial charge in [0, 0.05) is 32.9 Å². The molecule has 2 heterocycles. The molecule has 0 atom stereocenters. The molecule has 242 valence electrons. The summed E-state index contributed by atoms with van der Waals surface area (Å²) in [6, 6.07) is 71.0. The van der Waals surface area contributed by atoms with Gasteiger partial charge in [0.2, 0.25) is 0 Å². The maximum Gasteiger partial charge on any atom is 0.0547 e. The predicted molar refractivity (Wildman–Crippen MR) is 221 cm³/mol. The first-order chi connectivity index (χ1) is 25.8. The summed E-state index contributed by atoms with van der Waals surface area (Å²) in [5.41, 5.74) is 12.1. The number of rotatable bonds is 4. The first-order valence-electron chi connectivity index (χ1n) is 17.9. The highest BCUT2D eigenvalue weighted by Crippen LogP contribution is 2.40. The number of para-hydroxylation sites is 2. The van der Waals surface area contributed by atoms with E-state index in [0.29, 0.717) is 0 Å². The molecule has 2 heteroatoms. The van der Waals surface area contributed by atoms with E-state index in [2.05, 4.69) is 203 Å². The standard InChI is InChI=1S/C50H32N2/c1-2-10-33(11-3-1)35-20-25-40(26-21-35)51-46-16-8-6-14-42(46)45-32-39(24-28-48(45)51)38-19-18-36-23-29-49-50(44(36)31-38)43-15-7-9-17-47(43)52(49)41-27-22-34-12-4-5-13-37(34)30-41/h1-32H. The minimum Gasteiger partial charge on any atom is -0.309 e. The second kappa shape index (κ2) is 11.3. The van der Waals surface area contributed by atoms with Crippen LogP contribution in [0.25, 0.3) is 98.8 Å². The van der Waals surface area contributed by atoms with E-state index in [-0.39, 0.29) is 0 Å². The first kappa shape index (κ1) is 28.9. The van der Waals surface area contributed by atoms with E-state index in [1.54, 1.807) is 0 Å². The Morgan fingerprint density at radius 1 is 0.250 bits per heavy atom. The summed E-state index contributed by atoms with van der Waals surface area (Å²) in [4.78, 5) is 0. The molecule has 0 spiro atoms. The van der Waals surface area contributed by atoms with Gasteiger partial charge in [-0.25, -0.2) is 0 Å². The maximum absolute atomic E-state index is 2.43. The summed E-state index contributed by atoms with van der Waals surface area (Å²) >= 11 is 0. The molecule has 0 N–H and O–H groups in total. The molecule has 0 fully saturated rings. The molecule has 9 aromatic carbocycles. The van der Waals surface area contributed by atoms with Gasteiger partial charge in [0.05, 0.1) is 22.1 Å². The number of hydrogen-bond acceptors (Lipinski definition) is 0. The zero-order chi connectivity index (χ0) is 34.2. The molecule has 52 heavy (non-hydrogen) atoms. The lowest BCUT2D eigenvalue weighted by Gasteiger charge is -2.11. The lowest BCUT2D eigenvalue weighted by atomic mass is 9.97. The van der Waals surface area contributed by atoms with Crippen LogP contribution in [0, 0.1) is 0 Å². The number of nitrogens with zero attached hydrogens (tertiary/aromatic N) is 2. The van der Waals surface area contributed by atoms with E-state index >= 15 is 0 Å². The van der Waals surface area contributed by atoms with E-state index in [1.807, 2.05) is 0 Å². The van der Waals surface area contributed by atoms with Gasteiger partial charge in [-0.05, 0) is 104 Å². The van der Waals surface area contributed by atoms with Crippen LogP contribution in [0.5, 0.6) is 0 Å². The Morgan fingerprint density at radius 2 is 0.769 bits per heavy atom. The molecule has 0 amide bonds. The van der Waals surface area contributed by atoms with Crippen molar-refractivity contribution in [2.24, 2.45) is 0 Å². The van der Waals surface area contributed by atoms with Crippen molar-refractivity contribution < 1.29 is 0 Å². The summed E-state index contributed by atoms with van der Waals surface area (Å²) in [5, 5.41) is 10.1. The van der Waals surface area contributed by atoms with E-state index in [9.17, 15) is 0 Å². The third-order valence-electron chi connectivity index (χ3n) is 10.9. The SMILES string of the molecule is c1ccc(-c2ccc(-n3c4ccccc4c4cc(-c5ccc6ccc7c(c6c5)c5ccccc5n7-c5ccc6ccccc6c5)ccc43)cc2)cc1. The van der Waals surface area contributed by atoms with Crippen LogP contribution in [0.2, 0.25) is 0 Å². The molecule has 0 radical (unpaired) electrons. The van der Waals surface area contributed by atoms with Crippen LogP contribution in [-0.4, -0.2) is 9.13 Å². The number of fused-ring (bicyclic) bond motifs is 9. The van der Waals surface area contributed by atoms with Crippen molar-refractivity contribution in [3.8, 4) is 33.6 Å². The van der Waals surface area contributed by atoms with Gasteiger partial charge >= 0.3 is 0 Å². The monoisotopic (exact) mass is 660 g/mol. The quantitative estimate of drug-likeness (QED) is 0.178. The van der Waals surface area contributed by atoms with Gasteiger partial charge in [-0.2, -0.15) is 0 Å². The van der Waals surface area contributed by atoms with Gasteiger partial charge in [0.15, 0.2) is 0 Å². The van der Waals surface area contributed by atoms with Crippen molar-refractivity contribution in [2.75, 3.05) is 0 Å². The van der Waals surface area contributed by atoms with Crippen LogP contribution in [0.15, 0.2) is 194 Å². The van der Waals surface area contributed by atoms with Crippen LogP contribution in [-0.2, 0) is 0 Å². The number of benzene rings is 9. The smallest absolute Gasteiger partial charge is 0.0547 e. The summed E-state index contributed by atoms with van der Waals surface area (Å²) in [6.07, 6.45) is 0. The predicted octanol–water partition coefficient (Wildman–Crippen LogP) is 13.5. The highest BCUT2D eigenvalue weighted by atomic mass is 15.0. The Kier molecular flexibility index (Phi) is 6.28.